The van der Waals surface area contributed by atoms with Gasteiger partial charge >= 0.3 is 0 Å². The van der Waals surface area contributed by atoms with E-state index in [4.69, 9.17) is 55.4 Å². The number of hydrogen-bond acceptors (Lipinski definition) is 9. The lowest BCUT2D eigenvalue weighted by Gasteiger charge is -1.95. The first kappa shape index (κ1) is 26.8. The van der Waals surface area contributed by atoms with Crippen molar-refractivity contribution in [1.29, 1.82) is 0 Å². The Balaban J connectivity index is 0.000000234. The van der Waals surface area contributed by atoms with Gasteiger partial charge in [-0.25, -0.2) is 0 Å². The molecule has 0 unspecified atom stereocenters. The minimum atomic E-state index is -4.08. The molecule has 3 rings (SSSR count). The summed E-state index contributed by atoms with van der Waals surface area (Å²) in [6.45, 7) is 0. The highest BCUT2D eigenvalue weighted by molar-refractivity contribution is 7.86. The quantitative estimate of drug-likeness (QED) is 0.280. The van der Waals surface area contributed by atoms with E-state index in [2.05, 4.69) is 15.0 Å². The highest BCUT2D eigenvalue weighted by Gasteiger charge is 2.07. The molecule has 0 radical (unpaired) electrons. The van der Waals surface area contributed by atoms with Crippen LogP contribution in [0.4, 0.5) is 11.4 Å². The van der Waals surface area contributed by atoms with Crippen LogP contribution in [0, 0.1) is 0 Å². The second-order valence-electron chi connectivity index (χ2n) is 5.23. The van der Waals surface area contributed by atoms with Crippen molar-refractivity contribution in [3.8, 4) is 0 Å². The van der Waals surface area contributed by atoms with Crippen LogP contribution in [0.3, 0.4) is 0 Å². The Morgan fingerprint density at radius 1 is 0.581 bits per heavy atom. The van der Waals surface area contributed by atoms with Gasteiger partial charge in [0.25, 0.3) is 20.2 Å². The first-order valence-electron chi connectivity index (χ1n) is 7.57. The van der Waals surface area contributed by atoms with Crippen molar-refractivity contribution in [2.75, 3.05) is 11.5 Å². The molecule has 168 valence electrons. The summed E-state index contributed by atoms with van der Waals surface area (Å²) >= 11 is 16.0. The molecule has 0 aliphatic heterocycles. The van der Waals surface area contributed by atoms with Gasteiger partial charge in [-0.15, -0.1) is 0 Å². The number of hydrogen-bond donors (Lipinski definition) is 4. The van der Waals surface area contributed by atoms with Crippen LogP contribution in [0.25, 0.3) is 0 Å². The maximum atomic E-state index is 10.5. The van der Waals surface area contributed by atoms with E-state index in [1.807, 2.05) is 0 Å². The molecule has 0 aliphatic rings. The number of aromatic nitrogens is 3. The molecule has 31 heavy (non-hydrogen) atoms. The van der Waals surface area contributed by atoms with Gasteiger partial charge in [0.1, 0.15) is 0 Å². The zero-order chi connectivity index (χ0) is 23.8. The van der Waals surface area contributed by atoms with E-state index in [9.17, 15) is 16.8 Å². The van der Waals surface area contributed by atoms with Gasteiger partial charge in [-0.3, -0.25) is 9.11 Å². The summed E-state index contributed by atoms with van der Waals surface area (Å²) in [5.74, 6) is 0. The summed E-state index contributed by atoms with van der Waals surface area (Å²) < 4.78 is 58.9. The molecule has 0 saturated carbocycles. The van der Waals surface area contributed by atoms with Crippen molar-refractivity contribution in [2.45, 2.75) is 9.79 Å². The Kier molecular flexibility index (Phi) is 9.83. The molecule has 3 aromatic rings. The Morgan fingerprint density at radius 3 is 1.00 bits per heavy atom. The normalized spacial score (nSPS) is 10.9. The zero-order valence-corrected chi connectivity index (χ0v) is 19.0. The van der Waals surface area contributed by atoms with Crippen LogP contribution in [-0.2, 0) is 20.2 Å². The molecular weight excluding hydrogens is 517 g/mol. The lowest BCUT2D eigenvalue weighted by atomic mass is 10.3. The first-order valence-corrected chi connectivity index (χ1v) is 11.6. The van der Waals surface area contributed by atoms with E-state index < -0.39 is 20.2 Å². The Bertz CT molecular complexity index is 1100. The lowest BCUT2D eigenvalue weighted by molar-refractivity contribution is 0.481. The van der Waals surface area contributed by atoms with Gasteiger partial charge in [0.2, 0.25) is 15.9 Å². The molecule has 11 nitrogen and oxygen atoms in total. The predicted molar refractivity (Wildman–Crippen MR) is 116 cm³/mol. The number of halogens is 3. The van der Waals surface area contributed by atoms with Crippen LogP contribution >= 0.6 is 34.8 Å². The fraction of sp³-hybridized carbons (Fsp3) is 0. The van der Waals surface area contributed by atoms with E-state index >= 15 is 0 Å². The van der Waals surface area contributed by atoms with E-state index in [0.29, 0.717) is 11.4 Å². The van der Waals surface area contributed by atoms with Gasteiger partial charge in [-0.05, 0) is 83.3 Å². The second kappa shape index (κ2) is 11.4. The predicted octanol–water partition coefficient (Wildman–Crippen LogP) is 2.86. The highest BCUT2D eigenvalue weighted by atomic mass is 35.5. The molecule has 0 bridgehead atoms. The van der Waals surface area contributed by atoms with Gasteiger partial charge in [0.15, 0.2) is 0 Å². The number of rotatable bonds is 2. The molecule has 16 heteroatoms. The van der Waals surface area contributed by atoms with Crippen molar-refractivity contribution in [1.82, 2.24) is 15.0 Å². The standard InChI is InChI=1S/2C6H7NO3S.C3Cl3N3/c2*7-5-1-3-6(4-2-5)11(8,9)10;4-1-7-2(5)9-3(6)8-1/h2*1-4H,7H2,(H,8,9,10);. The second-order valence-corrected chi connectivity index (χ2v) is 9.09. The van der Waals surface area contributed by atoms with E-state index in [1.54, 1.807) is 0 Å². The summed E-state index contributed by atoms with van der Waals surface area (Å²) in [6.07, 6.45) is 0. The molecule has 0 aliphatic carbocycles. The Morgan fingerprint density at radius 2 is 0.806 bits per heavy atom. The molecule has 0 amide bonds. The minimum absolute atomic E-state index is 0.000000000000000444. The fourth-order valence-corrected chi connectivity index (χ4v) is 3.15. The zero-order valence-electron chi connectivity index (χ0n) is 15.1. The minimum Gasteiger partial charge on any atom is -0.399 e. The number of nitrogens with zero attached hydrogens (tertiary/aromatic N) is 3. The van der Waals surface area contributed by atoms with Gasteiger partial charge in [-0.2, -0.15) is 31.8 Å². The van der Waals surface area contributed by atoms with Gasteiger partial charge in [0, 0.05) is 11.4 Å². The summed E-state index contributed by atoms with van der Waals surface area (Å²) in [7, 11) is -8.15. The van der Waals surface area contributed by atoms with Gasteiger partial charge in [-0.1, -0.05) is 0 Å². The Labute approximate surface area is 192 Å². The number of anilines is 2. The van der Waals surface area contributed by atoms with E-state index in [1.165, 1.54) is 48.5 Å². The van der Waals surface area contributed by atoms with Crippen molar-refractivity contribution in [3.63, 3.8) is 0 Å². The van der Waals surface area contributed by atoms with E-state index in [-0.39, 0.29) is 25.6 Å². The molecule has 2 aromatic carbocycles. The van der Waals surface area contributed by atoms with Gasteiger partial charge < -0.3 is 11.5 Å². The third-order valence-electron chi connectivity index (χ3n) is 2.91. The fourth-order valence-electron chi connectivity index (χ4n) is 1.58. The summed E-state index contributed by atoms with van der Waals surface area (Å²) in [6, 6.07) is 10.6. The number of nitrogen functional groups attached to an aromatic ring is 2. The third kappa shape index (κ3) is 10.5. The van der Waals surface area contributed by atoms with Crippen molar-refractivity contribution >= 4 is 66.4 Å². The smallest absolute Gasteiger partial charge is 0.294 e. The van der Waals surface area contributed by atoms with Gasteiger partial charge in [0.05, 0.1) is 9.79 Å². The highest BCUT2D eigenvalue weighted by Crippen LogP contribution is 2.11. The molecule has 0 atom stereocenters. The SMILES string of the molecule is Clc1nc(Cl)nc(Cl)n1.Nc1ccc(S(=O)(=O)O)cc1.Nc1ccc(S(=O)(=O)O)cc1. The summed E-state index contributed by atoms with van der Waals surface area (Å²) in [5, 5.41) is 0.00000000000000178. The average Bonchev–Trinajstić information content (AvgIpc) is 2.61. The van der Waals surface area contributed by atoms with Crippen LogP contribution < -0.4 is 11.5 Å². The lowest BCUT2D eigenvalue weighted by Crippen LogP contribution is -1.97. The number of nitrogens with two attached hydrogens (primary N) is 2. The molecule has 0 saturated heterocycles. The average molecular weight is 531 g/mol. The van der Waals surface area contributed by atoms with Crippen LogP contribution in [0.2, 0.25) is 15.9 Å². The topological polar surface area (TPSA) is 199 Å². The maximum absolute atomic E-state index is 10.5. The van der Waals surface area contributed by atoms with Crippen LogP contribution in [0.5, 0.6) is 0 Å². The molecule has 1 heterocycles. The first-order chi connectivity index (χ1) is 14.2. The number of benzene rings is 2. The van der Waals surface area contributed by atoms with Crippen LogP contribution in [0.15, 0.2) is 58.3 Å². The summed E-state index contributed by atoms with van der Waals surface area (Å²) in [4.78, 5) is 10.1. The largest absolute Gasteiger partial charge is 0.399 e. The molecular formula is C15H14Cl3N5O6S2. The maximum Gasteiger partial charge on any atom is 0.294 e. The monoisotopic (exact) mass is 529 g/mol. The van der Waals surface area contributed by atoms with Crippen molar-refractivity contribution in [3.05, 3.63) is 64.4 Å². The van der Waals surface area contributed by atoms with Crippen LogP contribution in [0.1, 0.15) is 0 Å². The van der Waals surface area contributed by atoms with E-state index in [0.717, 1.165) is 0 Å². The molecule has 0 spiro atoms. The Hall–Kier alpha value is -2.26. The molecule has 1 aromatic heterocycles. The van der Waals surface area contributed by atoms with Crippen molar-refractivity contribution < 1.29 is 25.9 Å². The molecule has 0 fully saturated rings. The van der Waals surface area contributed by atoms with Crippen LogP contribution in [-0.4, -0.2) is 40.9 Å². The molecule has 6 N–H and O–H groups in total. The summed E-state index contributed by atoms with van der Waals surface area (Å²) in [5.41, 5.74) is 11.5. The van der Waals surface area contributed by atoms with Crippen molar-refractivity contribution in [2.24, 2.45) is 0 Å². The third-order valence-corrected chi connectivity index (χ3v) is 5.15.